The molecule has 0 heterocycles. The van der Waals surface area contributed by atoms with Gasteiger partial charge in [0.15, 0.2) is 0 Å². The van der Waals surface area contributed by atoms with Crippen molar-refractivity contribution in [3.8, 4) is 0 Å². The van der Waals surface area contributed by atoms with E-state index in [2.05, 4.69) is 5.32 Å². The van der Waals surface area contributed by atoms with Crippen LogP contribution in [0.4, 0.5) is 0 Å². The van der Waals surface area contributed by atoms with Gasteiger partial charge in [0.25, 0.3) is 0 Å². The van der Waals surface area contributed by atoms with Crippen LogP contribution in [0.15, 0.2) is 0 Å². The number of nitrogens with one attached hydrogen (secondary N) is 1. The molecule has 0 aromatic carbocycles. The Morgan fingerprint density at radius 3 is 2.60 bits per heavy atom. The highest BCUT2D eigenvalue weighted by Crippen LogP contribution is 2.17. The smallest absolute Gasteiger partial charge is 0.223 e. The van der Waals surface area contributed by atoms with Gasteiger partial charge in [-0.25, -0.2) is 0 Å². The third-order valence-corrected chi connectivity index (χ3v) is 3.56. The van der Waals surface area contributed by atoms with Gasteiger partial charge in [-0.15, -0.1) is 0 Å². The van der Waals surface area contributed by atoms with E-state index >= 15 is 0 Å². The van der Waals surface area contributed by atoms with Gasteiger partial charge in [0.05, 0.1) is 0 Å². The Morgan fingerprint density at radius 2 is 2.07 bits per heavy atom. The van der Waals surface area contributed by atoms with E-state index in [1.165, 1.54) is 6.42 Å². The summed E-state index contributed by atoms with van der Waals surface area (Å²) >= 11 is -2.13. The van der Waals surface area contributed by atoms with Gasteiger partial charge in [-0.3, -0.25) is 9.00 Å². The van der Waals surface area contributed by atoms with E-state index in [-0.39, 0.29) is 17.7 Å². The van der Waals surface area contributed by atoms with Crippen molar-refractivity contribution < 1.29 is 13.6 Å². The fraction of sp³-hybridized carbons (Fsp3) is 0.900. The summed E-state index contributed by atoms with van der Waals surface area (Å²) in [6.07, 6.45) is 5.62. The molecule has 1 fully saturated rings. The maximum atomic E-state index is 11.6. The van der Waals surface area contributed by atoms with Crippen molar-refractivity contribution in [3.05, 3.63) is 0 Å². The molecule has 0 aromatic rings. The molecule has 1 aliphatic rings. The van der Waals surface area contributed by atoms with Crippen LogP contribution in [0.1, 0.15) is 39.0 Å². The van der Waals surface area contributed by atoms with Gasteiger partial charge in [-0.1, -0.05) is 37.3 Å². The SMILES string of the molecule is CC(CS(=O)[O-])C(=O)NC1CCCCC1. The minimum atomic E-state index is -2.13. The van der Waals surface area contributed by atoms with Crippen LogP contribution in [-0.4, -0.2) is 26.5 Å². The number of carbonyl (C=O) groups excluding carboxylic acids is 1. The van der Waals surface area contributed by atoms with Gasteiger partial charge in [-0.05, 0) is 12.8 Å². The zero-order valence-corrected chi connectivity index (χ0v) is 9.85. The van der Waals surface area contributed by atoms with E-state index in [0.717, 1.165) is 25.7 Å². The monoisotopic (exact) mass is 232 g/mol. The number of carbonyl (C=O) groups is 1. The average Bonchev–Trinajstić information content (AvgIpc) is 2.18. The molecule has 1 aliphatic carbocycles. The van der Waals surface area contributed by atoms with Crippen LogP contribution in [0.25, 0.3) is 0 Å². The molecule has 15 heavy (non-hydrogen) atoms. The van der Waals surface area contributed by atoms with Crippen LogP contribution < -0.4 is 5.32 Å². The molecule has 0 spiro atoms. The first-order chi connectivity index (χ1) is 7.09. The molecular weight excluding hydrogens is 214 g/mol. The summed E-state index contributed by atoms with van der Waals surface area (Å²) in [7, 11) is 0. The van der Waals surface area contributed by atoms with Crippen molar-refractivity contribution in [1.82, 2.24) is 5.32 Å². The van der Waals surface area contributed by atoms with Crippen LogP contribution in [0.3, 0.4) is 0 Å². The van der Waals surface area contributed by atoms with Gasteiger partial charge in [0, 0.05) is 17.7 Å². The fourth-order valence-corrected chi connectivity index (χ4v) is 2.43. The molecule has 1 amide bonds. The minimum Gasteiger partial charge on any atom is -0.772 e. The van der Waals surface area contributed by atoms with E-state index in [9.17, 15) is 13.6 Å². The van der Waals surface area contributed by atoms with Crippen LogP contribution in [0.5, 0.6) is 0 Å². The summed E-state index contributed by atoms with van der Waals surface area (Å²) in [5, 5.41) is 2.91. The van der Waals surface area contributed by atoms with Gasteiger partial charge in [0.1, 0.15) is 0 Å². The van der Waals surface area contributed by atoms with Gasteiger partial charge in [-0.2, -0.15) is 0 Å². The third kappa shape index (κ3) is 4.75. The minimum absolute atomic E-state index is 0.0848. The summed E-state index contributed by atoms with van der Waals surface area (Å²) in [5.74, 6) is -0.658. The van der Waals surface area contributed by atoms with Crippen molar-refractivity contribution in [2.24, 2.45) is 5.92 Å². The first-order valence-corrected chi connectivity index (χ1v) is 6.70. The molecule has 1 rings (SSSR count). The Labute approximate surface area is 93.1 Å². The molecule has 5 heteroatoms. The van der Waals surface area contributed by atoms with E-state index in [1.54, 1.807) is 6.92 Å². The molecule has 88 valence electrons. The molecule has 0 aromatic heterocycles. The Balaban J connectivity index is 2.30. The lowest BCUT2D eigenvalue weighted by Gasteiger charge is -2.24. The standard InChI is InChI=1S/C10H19NO3S/c1-8(7-15(13)14)10(12)11-9-5-3-2-4-6-9/h8-9H,2-7H2,1H3,(H,11,12)(H,13,14)/p-1. The van der Waals surface area contributed by atoms with Crippen LogP contribution in [-0.2, 0) is 15.9 Å². The van der Waals surface area contributed by atoms with Crippen LogP contribution >= 0.6 is 0 Å². The van der Waals surface area contributed by atoms with Crippen LogP contribution in [0, 0.1) is 5.92 Å². The van der Waals surface area contributed by atoms with Gasteiger partial charge < -0.3 is 9.87 Å². The lowest BCUT2D eigenvalue weighted by Crippen LogP contribution is -2.40. The number of hydrogen-bond acceptors (Lipinski definition) is 3. The highest BCUT2D eigenvalue weighted by Gasteiger charge is 2.19. The lowest BCUT2D eigenvalue weighted by molar-refractivity contribution is -0.124. The Morgan fingerprint density at radius 1 is 1.47 bits per heavy atom. The lowest BCUT2D eigenvalue weighted by atomic mass is 9.95. The Bertz CT molecular complexity index is 239. The van der Waals surface area contributed by atoms with E-state index in [0.29, 0.717) is 0 Å². The molecule has 0 radical (unpaired) electrons. The van der Waals surface area contributed by atoms with Crippen molar-refractivity contribution in [3.63, 3.8) is 0 Å². The molecule has 4 nitrogen and oxygen atoms in total. The Kier molecular flexibility index (Phi) is 5.25. The number of hydrogen-bond donors (Lipinski definition) is 1. The summed E-state index contributed by atoms with van der Waals surface area (Å²) in [6.45, 7) is 1.65. The second kappa shape index (κ2) is 6.23. The summed E-state index contributed by atoms with van der Waals surface area (Å²) < 4.78 is 20.9. The second-order valence-electron chi connectivity index (χ2n) is 4.21. The first kappa shape index (κ1) is 12.6. The molecular formula is C10H18NO3S-. The third-order valence-electron chi connectivity index (χ3n) is 2.79. The largest absolute Gasteiger partial charge is 0.772 e. The Hall–Kier alpha value is -0.420. The first-order valence-electron chi connectivity index (χ1n) is 5.46. The molecule has 0 bridgehead atoms. The van der Waals surface area contributed by atoms with E-state index in [1.807, 2.05) is 0 Å². The van der Waals surface area contributed by atoms with Crippen LogP contribution in [0.2, 0.25) is 0 Å². The van der Waals surface area contributed by atoms with Crippen molar-refractivity contribution in [2.45, 2.75) is 45.1 Å². The average molecular weight is 232 g/mol. The van der Waals surface area contributed by atoms with E-state index < -0.39 is 17.0 Å². The number of rotatable bonds is 4. The fourth-order valence-electron chi connectivity index (χ4n) is 1.87. The molecule has 0 aliphatic heterocycles. The van der Waals surface area contributed by atoms with Crippen molar-refractivity contribution in [2.75, 3.05) is 5.75 Å². The second-order valence-corrected chi connectivity index (χ2v) is 5.16. The summed E-state index contributed by atoms with van der Waals surface area (Å²) in [5.41, 5.74) is 0. The van der Waals surface area contributed by atoms with E-state index in [4.69, 9.17) is 0 Å². The molecule has 0 saturated heterocycles. The predicted octanol–water partition coefficient (Wildman–Crippen LogP) is 0.950. The summed E-state index contributed by atoms with van der Waals surface area (Å²) in [4.78, 5) is 11.6. The summed E-state index contributed by atoms with van der Waals surface area (Å²) in [6, 6.07) is 0.258. The van der Waals surface area contributed by atoms with Crippen molar-refractivity contribution >= 4 is 17.0 Å². The maximum Gasteiger partial charge on any atom is 0.223 e. The van der Waals surface area contributed by atoms with Crippen molar-refractivity contribution in [1.29, 1.82) is 0 Å². The highest BCUT2D eigenvalue weighted by molar-refractivity contribution is 7.79. The van der Waals surface area contributed by atoms with Gasteiger partial charge in [0.2, 0.25) is 5.91 Å². The molecule has 1 saturated carbocycles. The van der Waals surface area contributed by atoms with Gasteiger partial charge >= 0.3 is 0 Å². The highest BCUT2D eigenvalue weighted by atomic mass is 32.2. The topological polar surface area (TPSA) is 69.2 Å². The molecule has 2 atom stereocenters. The molecule has 1 N–H and O–H groups in total. The zero-order valence-electron chi connectivity index (χ0n) is 9.03. The molecule has 2 unspecified atom stereocenters. The normalized spacial score (nSPS) is 22.0. The maximum absolute atomic E-state index is 11.6. The quantitative estimate of drug-likeness (QED) is 0.734. The predicted molar refractivity (Wildman–Crippen MR) is 58.0 cm³/mol. The number of amides is 1. The zero-order chi connectivity index (χ0) is 11.3.